The van der Waals surface area contributed by atoms with Crippen molar-refractivity contribution in [1.82, 2.24) is 4.90 Å². The number of aliphatic hydroxyl groups is 1. The Labute approximate surface area is 73.5 Å². The highest BCUT2D eigenvalue weighted by Gasteiger charge is 1.95. The molecule has 11 heavy (non-hydrogen) atoms. The van der Waals surface area contributed by atoms with E-state index in [2.05, 4.69) is 11.8 Å². The summed E-state index contributed by atoms with van der Waals surface area (Å²) in [4.78, 5) is 2.14. The molecule has 2 nitrogen and oxygen atoms in total. The fraction of sp³-hybridized carbons (Fsp3) is 0.750. The normalized spacial score (nSPS) is 11.6. The van der Waals surface area contributed by atoms with E-state index in [0.717, 1.165) is 19.6 Å². The van der Waals surface area contributed by atoms with Crippen molar-refractivity contribution in [3.8, 4) is 0 Å². The molecular weight excluding hydrogens is 162 g/mol. The van der Waals surface area contributed by atoms with Gasteiger partial charge in [-0.2, -0.15) is 0 Å². The van der Waals surface area contributed by atoms with Crippen LogP contribution in [0.2, 0.25) is 0 Å². The lowest BCUT2D eigenvalue weighted by molar-refractivity contribution is 0.214. The second-order valence-electron chi connectivity index (χ2n) is 2.24. The van der Waals surface area contributed by atoms with Gasteiger partial charge in [0.25, 0.3) is 0 Å². The van der Waals surface area contributed by atoms with Crippen LogP contribution in [0.25, 0.3) is 0 Å². The maximum atomic E-state index is 8.63. The molecule has 0 amide bonds. The molecule has 0 saturated heterocycles. The number of aliphatic hydroxyl groups excluding tert-OH is 1. The lowest BCUT2D eigenvalue weighted by Crippen LogP contribution is -2.26. The minimum Gasteiger partial charge on any atom is -0.395 e. The van der Waals surface area contributed by atoms with Crippen molar-refractivity contribution >= 4 is 11.6 Å². The van der Waals surface area contributed by atoms with Gasteiger partial charge in [0.05, 0.1) is 6.61 Å². The number of hydrogen-bond donors (Lipinski definition) is 1. The number of hydrogen-bond acceptors (Lipinski definition) is 2. The van der Waals surface area contributed by atoms with Gasteiger partial charge in [-0.25, -0.2) is 0 Å². The Morgan fingerprint density at radius 3 is 2.64 bits per heavy atom. The number of nitrogens with zero attached hydrogens (tertiary/aromatic N) is 1. The second-order valence-corrected chi connectivity index (χ2v) is 2.55. The van der Waals surface area contributed by atoms with Crippen molar-refractivity contribution in [1.29, 1.82) is 0 Å². The molecule has 0 aromatic carbocycles. The van der Waals surface area contributed by atoms with Crippen LogP contribution in [0.5, 0.6) is 0 Å². The van der Waals surface area contributed by atoms with Gasteiger partial charge in [-0.15, -0.1) is 11.6 Å². The van der Waals surface area contributed by atoms with Gasteiger partial charge < -0.3 is 5.11 Å². The molecule has 0 radical (unpaired) electrons. The zero-order valence-corrected chi connectivity index (χ0v) is 7.72. The number of halogens is 1. The first kappa shape index (κ1) is 11.0. The summed E-state index contributed by atoms with van der Waals surface area (Å²) in [5, 5.41) is 8.63. The van der Waals surface area contributed by atoms with E-state index in [1.165, 1.54) is 0 Å². The molecule has 66 valence electrons. The molecule has 0 fully saturated rings. The van der Waals surface area contributed by atoms with Crippen LogP contribution in [0.15, 0.2) is 12.2 Å². The Balaban J connectivity index is 3.42. The molecule has 1 N–H and O–H groups in total. The molecule has 0 aromatic rings. The van der Waals surface area contributed by atoms with Crippen LogP contribution in [0.4, 0.5) is 0 Å². The van der Waals surface area contributed by atoms with Crippen molar-refractivity contribution < 1.29 is 5.11 Å². The van der Waals surface area contributed by atoms with Crippen LogP contribution in [0.3, 0.4) is 0 Å². The number of alkyl halides is 1. The Bertz CT molecular complexity index is 106. The molecule has 0 bridgehead atoms. The highest BCUT2D eigenvalue weighted by Crippen LogP contribution is 1.88. The highest BCUT2D eigenvalue weighted by atomic mass is 35.5. The third-order valence-electron chi connectivity index (χ3n) is 1.48. The van der Waals surface area contributed by atoms with Crippen LogP contribution >= 0.6 is 11.6 Å². The molecule has 0 aliphatic carbocycles. The predicted octanol–water partition coefficient (Wildman–Crippen LogP) is 1.10. The summed E-state index contributed by atoms with van der Waals surface area (Å²) >= 11 is 5.45. The van der Waals surface area contributed by atoms with Crippen LogP contribution in [-0.4, -0.2) is 42.1 Å². The van der Waals surface area contributed by atoms with Gasteiger partial charge in [0.2, 0.25) is 0 Å². The molecule has 0 atom stereocenters. The summed E-state index contributed by atoms with van der Waals surface area (Å²) in [6, 6.07) is 0. The highest BCUT2D eigenvalue weighted by molar-refractivity contribution is 6.18. The van der Waals surface area contributed by atoms with Crippen molar-refractivity contribution in [2.75, 3.05) is 32.1 Å². The van der Waals surface area contributed by atoms with Gasteiger partial charge in [-0.1, -0.05) is 19.1 Å². The second kappa shape index (κ2) is 8.05. The molecule has 0 rings (SSSR count). The summed E-state index contributed by atoms with van der Waals surface area (Å²) in [5.74, 6) is 0.566. The quantitative estimate of drug-likeness (QED) is 0.485. The zero-order chi connectivity index (χ0) is 8.53. The van der Waals surface area contributed by atoms with E-state index < -0.39 is 0 Å². The van der Waals surface area contributed by atoms with Crippen LogP contribution < -0.4 is 0 Å². The van der Waals surface area contributed by atoms with Gasteiger partial charge in [-0.05, 0) is 6.54 Å². The predicted molar refractivity (Wildman–Crippen MR) is 49.1 cm³/mol. The molecular formula is C8H16ClNO. The minimum atomic E-state index is 0.225. The molecule has 0 unspecified atom stereocenters. The van der Waals surface area contributed by atoms with Gasteiger partial charge in [0.15, 0.2) is 0 Å². The Morgan fingerprint density at radius 2 is 2.18 bits per heavy atom. The molecule has 0 aliphatic heterocycles. The first-order valence-electron chi connectivity index (χ1n) is 3.89. The Kier molecular flexibility index (Phi) is 8.01. The topological polar surface area (TPSA) is 23.5 Å². The van der Waals surface area contributed by atoms with Crippen molar-refractivity contribution in [2.45, 2.75) is 6.92 Å². The largest absolute Gasteiger partial charge is 0.395 e. The maximum Gasteiger partial charge on any atom is 0.0558 e. The van der Waals surface area contributed by atoms with Crippen molar-refractivity contribution in [2.24, 2.45) is 0 Å². The number of likely N-dealkylation sites (N-methyl/N-ethyl adjacent to an activating group) is 1. The SMILES string of the molecule is CCN(CC=CCCl)CCO. The average molecular weight is 178 g/mol. The van der Waals surface area contributed by atoms with Crippen LogP contribution in [0, 0.1) is 0 Å². The third-order valence-corrected chi connectivity index (χ3v) is 1.66. The lowest BCUT2D eigenvalue weighted by atomic mass is 10.4. The fourth-order valence-corrected chi connectivity index (χ4v) is 0.933. The van der Waals surface area contributed by atoms with Gasteiger partial charge in [0, 0.05) is 19.0 Å². The van der Waals surface area contributed by atoms with Crippen molar-refractivity contribution in [3.63, 3.8) is 0 Å². The first-order valence-corrected chi connectivity index (χ1v) is 4.42. The zero-order valence-electron chi connectivity index (χ0n) is 6.96. The standard InChI is InChI=1S/C8H16ClNO/c1-2-10(7-8-11)6-4-3-5-9/h3-4,11H,2,5-8H2,1H3. The fourth-order valence-electron chi connectivity index (χ4n) is 0.807. The van der Waals surface area contributed by atoms with E-state index in [-0.39, 0.29) is 6.61 Å². The number of allylic oxidation sites excluding steroid dienone is 1. The van der Waals surface area contributed by atoms with E-state index in [1.54, 1.807) is 0 Å². The Morgan fingerprint density at radius 1 is 1.45 bits per heavy atom. The first-order chi connectivity index (χ1) is 5.35. The van der Waals surface area contributed by atoms with Crippen molar-refractivity contribution in [3.05, 3.63) is 12.2 Å². The van der Waals surface area contributed by atoms with Gasteiger partial charge in [-0.3, -0.25) is 4.90 Å². The molecule has 0 spiro atoms. The van der Waals surface area contributed by atoms with Crippen LogP contribution in [0.1, 0.15) is 6.92 Å². The van der Waals surface area contributed by atoms with Crippen LogP contribution in [-0.2, 0) is 0 Å². The lowest BCUT2D eigenvalue weighted by Gasteiger charge is -2.16. The van der Waals surface area contributed by atoms with E-state index in [0.29, 0.717) is 5.88 Å². The molecule has 0 heterocycles. The molecule has 3 heteroatoms. The maximum absolute atomic E-state index is 8.63. The van der Waals surface area contributed by atoms with E-state index >= 15 is 0 Å². The Hall–Kier alpha value is -0.0500. The minimum absolute atomic E-state index is 0.225. The summed E-state index contributed by atoms with van der Waals surface area (Å²) in [6.45, 7) is 4.88. The van der Waals surface area contributed by atoms with E-state index in [1.807, 2.05) is 12.2 Å². The summed E-state index contributed by atoms with van der Waals surface area (Å²) in [5.41, 5.74) is 0. The molecule has 0 aliphatic rings. The number of rotatable bonds is 6. The summed E-state index contributed by atoms with van der Waals surface area (Å²) < 4.78 is 0. The van der Waals surface area contributed by atoms with Gasteiger partial charge in [0.1, 0.15) is 0 Å². The van der Waals surface area contributed by atoms with E-state index in [9.17, 15) is 0 Å². The average Bonchev–Trinajstić information content (AvgIpc) is 2.03. The monoisotopic (exact) mass is 177 g/mol. The van der Waals surface area contributed by atoms with Gasteiger partial charge >= 0.3 is 0 Å². The molecule has 0 aromatic heterocycles. The molecule has 0 saturated carbocycles. The third kappa shape index (κ3) is 6.35. The smallest absolute Gasteiger partial charge is 0.0558 e. The summed E-state index contributed by atoms with van der Waals surface area (Å²) in [7, 11) is 0. The summed E-state index contributed by atoms with van der Waals surface area (Å²) in [6.07, 6.45) is 3.94. The van der Waals surface area contributed by atoms with E-state index in [4.69, 9.17) is 16.7 Å².